The number of hydrogen-bond donors (Lipinski definition) is 2. The molecule has 2 saturated heterocycles. The van der Waals surface area contributed by atoms with Crippen LogP contribution in [0.25, 0.3) is 11.6 Å². The average Bonchev–Trinajstić information content (AvgIpc) is 3.05. The fourth-order valence-corrected chi connectivity index (χ4v) is 3.57. The van der Waals surface area contributed by atoms with Crippen molar-refractivity contribution in [3.63, 3.8) is 0 Å². The first-order valence-corrected chi connectivity index (χ1v) is 6.80. The molecule has 2 N–H and O–H groups in total. The number of hydrogen-bond acceptors (Lipinski definition) is 4. The third-order valence-electron chi connectivity index (χ3n) is 4.43. The molecule has 2 aliphatic heterocycles. The molecule has 1 aromatic carbocycles. The number of phenolic OH excluding ortho intramolecular Hbond substituents is 1. The monoisotopic (exact) mass is 281 g/mol. The summed E-state index contributed by atoms with van der Waals surface area (Å²) < 4.78 is 11.1. The van der Waals surface area contributed by atoms with Gasteiger partial charge in [0.05, 0.1) is 5.92 Å². The number of ether oxygens (including phenoxy) is 2. The van der Waals surface area contributed by atoms with Gasteiger partial charge in [-0.1, -0.05) is 6.07 Å². The molecule has 1 aromatic rings. The molecule has 104 valence electrons. The molecule has 5 heteroatoms. The third-order valence-corrected chi connectivity index (χ3v) is 4.43. The van der Waals surface area contributed by atoms with Crippen molar-refractivity contribution in [3.8, 4) is 5.75 Å². The van der Waals surface area contributed by atoms with E-state index in [-0.39, 0.29) is 30.3 Å². The number of rotatable bonds is 0. The Bertz CT molecular complexity index is 802. The molecular weight excluding hydrogens is 270 g/mol. The first kappa shape index (κ1) is 11.0. The topological polar surface area (TPSA) is 67.8 Å². The Kier molecular flexibility index (Phi) is 1.83. The van der Waals surface area contributed by atoms with Gasteiger partial charge in [-0.2, -0.15) is 0 Å². The smallest absolute Gasteiger partial charge is 0.232 e. The first-order valence-electron chi connectivity index (χ1n) is 6.80. The van der Waals surface area contributed by atoms with E-state index in [9.17, 15) is 9.90 Å². The molecule has 5 nitrogen and oxygen atoms in total. The molecule has 5 rings (SSSR count). The summed E-state index contributed by atoms with van der Waals surface area (Å²) in [6.07, 6.45) is 3.80. The highest BCUT2D eigenvalue weighted by molar-refractivity contribution is 5.98. The highest BCUT2D eigenvalue weighted by Crippen LogP contribution is 2.52. The van der Waals surface area contributed by atoms with Crippen LogP contribution >= 0.6 is 0 Å². The number of carbonyl (C=O) groups excluding carboxylic acids is 1. The Balaban J connectivity index is 1.86. The standard InChI is InChI=1S/C16H11NO4/c18-8-2-1-7-3-11-13-10(16(19)17-11)5-12-15(21-6-20-12)14(13)9(7)4-8/h1-5,10,13,18H,6H2,(H,17,19). The lowest BCUT2D eigenvalue weighted by molar-refractivity contribution is -0.121. The third kappa shape index (κ3) is 1.28. The molecule has 2 fully saturated rings. The summed E-state index contributed by atoms with van der Waals surface area (Å²) in [4.78, 5) is 12.2. The lowest BCUT2D eigenvalue weighted by atomic mass is 9.74. The minimum absolute atomic E-state index is 0.0252. The van der Waals surface area contributed by atoms with Gasteiger partial charge in [0.2, 0.25) is 12.7 Å². The van der Waals surface area contributed by atoms with Crippen LogP contribution in [0.3, 0.4) is 0 Å². The van der Waals surface area contributed by atoms with Gasteiger partial charge in [0.25, 0.3) is 0 Å². The van der Waals surface area contributed by atoms with Crippen molar-refractivity contribution < 1.29 is 19.4 Å². The van der Waals surface area contributed by atoms with Gasteiger partial charge in [0, 0.05) is 17.2 Å². The highest BCUT2D eigenvalue weighted by atomic mass is 16.7. The number of carbonyl (C=O) groups is 1. The fourth-order valence-electron chi connectivity index (χ4n) is 3.57. The molecule has 2 atom stereocenters. The van der Waals surface area contributed by atoms with Crippen LogP contribution in [0, 0.1) is 11.8 Å². The molecule has 2 aliphatic carbocycles. The van der Waals surface area contributed by atoms with Crippen LogP contribution in [0.2, 0.25) is 0 Å². The number of aromatic hydroxyl groups is 1. The van der Waals surface area contributed by atoms with Gasteiger partial charge in [-0.3, -0.25) is 4.79 Å². The number of amides is 1. The maximum absolute atomic E-state index is 12.2. The average molecular weight is 281 g/mol. The Morgan fingerprint density at radius 2 is 2.19 bits per heavy atom. The number of nitrogens with one attached hydrogen (secondary N) is 1. The summed E-state index contributed by atoms with van der Waals surface area (Å²) in [5.41, 5.74) is 3.67. The van der Waals surface area contributed by atoms with Gasteiger partial charge < -0.3 is 19.9 Å². The van der Waals surface area contributed by atoms with Crippen LogP contribution < -0.4 is 5.32 Å². The number of allylic oxidation sites excluding steroid dienone is 1. The van der Waals surface area contributed by atoms with E-state index in [1.807, 2.05) is 18.2 Å². The minimum atomic E-state index is -0.276. The van der Waals surface area contributed by atoms with Crippen molar-refractivity contribution in [2.45, 2.75) is 0 Å². The van der Waals surface area contributed by atoms with E-state index in [0.29, 0.717) is 11.5 Å². The van der Waals surface area contributed by atoms with Gasteiger partial charge in [-0.15, -0.1) is 0 Å². The molecular formula is C16H11NO4. The van der Waals surface area contributed by atoms with Crippen molar-refractivity contribution >= 4 is 17.6 Å². The fraction of sp³-hybridized carbons (Fsp3) is 0.188. The van der Waals surface area contributed by atoms with E-state index in [4.69, 9.17) is 9.47 Å². The lowest BCUT2D eigenvalue weighted by Crippen LogP contribution is -2.22. The van der Waals surface area contributed by atoms with E-state index in [2.05, 4.69) is 5.32 Å². The molecule has 21 heavy (non-hydrogen) atoms. The van der Waals surface area contributed by atoms with E-state index >= 15 is 0 Å². The lowest BCUT2D eigenvalue weighted by Gasteiger charge is -2.29. The zero-order valence-corrected chi connectivity index (χ0v) is 10.9. The maximum Gasteiger partial charge on any atom is 0.232 e. The summed E-state index contributed by atoms with van der Waals surface area (Å²) >= 11 is 0. The molecule has 4 aliphatic rings. The van der Waals surface area contributed by atoms with Gasteiger partial charge in [0.15, 0.2) is 11.5 Å². The predicted octanol–water partition coefficient (Wildman–Crippen LogP) is 1.72. The molecule has 0 spiro atoms. The van der Waals surface area contributed by atoms with Crippen molar-refractivity contribution in [2.75, 3.05) is 6.79 Å². The number of phenols is 1. The molecule has 1 amide bonds. The van der Waals surface area contributed by atoms with E-state index in [1.165, 1.54) is 0 Å². The second kappa shape index (κ2) is 3.49. The molecule has 2 unspecified atom stereocenters. The Morgan fingerprint density at radius 3 is 3.10 bits per heavy atom. The summed E-state index contributed by atoms with van der Waals surface area (Å²) in [5, 5.41) is 12.7. The quantitative estimate of drug-likeness (QED) is 0.760. The van der Waals surface area contributed by atoms with Crippen LogP contribution in [-0.4, -0.2) is 17.8 Å². The minimum Gasteiger partial charge on any atom is -0.508 e. The van der Waals surface area contributed by atoms with Crippen LogP contribution in [0.4, 0.5) is 0 Å². The van der Waals surface area contributed by atoms with Crippen LogP contribution in [0.5, 0.6) is 5.75 Å². The Morgan fingerprint density at radius 1 is 1.29 bits per heavy atom. The molecule has 0 radical (unpaired) electrons. The number of benzene rings is 1. The first-order chi connectivity index (χ1) is 10.2. The van der Waals surface area contributed by atoms with Crippen LogP contribution in [0.15, 0.2) is 41.5 Å². The summed E-state index contributed by atoms with van der Waals surface area (Å²) in [7, 11) is 0. The summed E-state index contributed by atoms with van der Waals surface area (Å²) in [5.74, 6) is 1.13. The van der Waals surface area contributed by atoms with E-state index < -0.39 is 0 Å². The number of fused-ring (bicyclic) bond motifs is 3. The van der Waals surface area contributed by atoms with Gasteiger partial charge in [0.1, 0.15) is 5.75 Å². The SMILES string of the molecule is O=C1NC2=Cc3ccc(O)cc3C3=C4OCOC4=CC1C23. The second-order valence-corrected chi connectivity index (χ2v) is 5.54. The second-order valence-electron chi connectivity index (χ2n) is 5.54. The summed E-state index contributed by atoms with van der Waals surface area (Å²) in [6.45, 7) is 0.166. The van der Waals surface area contributed by atoms with Crippen molar-refractivity contribution in [1.82, 2.24) is 5.32 Å². The maximum atomic E-state index is 12.2. The molecule has 0 aromatic heterocycles. The molecule has 0 saturated carbocycles. The Hall–Kier alpha value is -2.69. The van der Waals surface area contributed by atoms with Crippen LogP contribution in [-0.2, 0) is 14.3 Å². The zero-order valence-electron chi connectivity index (χ0n) is 10.9. The summed E-state index contributed by atoms with van der Waals surface area (Å²) in [6, 6.07) is 5.20. The van der Waals surface area contributed by atoms with Crippen LogP contribution in [0.1, 0.15) is 11.1 Å². The zero-order chi connectivity index (χ0) is 14.1. The highest BCUT2D eigenvalue weighted by Gasteiger charge is 2.48. The predicted molar refractivity (Wildman–Crippen MR) is 73.2 cm³/mol. The normalized spacial score (nSPS) is 27.7. The van der Waals surface area contributed by atoms with E-state index in [1.54, 1.807) is 12.1 Å². The van der Waals surface area contributed by atoms with Crippen molar-refractivity contribution in [1.29, 1.82) is 0 Å². The molecule has 2 heterocycles. The van der Waals surface area contributed by atoms with Gasteiger partial charge in [-0.25, -0.2) is 0 Å². The van der Waals surface area contributed by atoms with Crippen molar-refractivity contribution in [3.05, 3.63) is 52.6 Å². The van der Waals surface area contributed by atoms with Crippen molar-refractivity contribution in [2.24, 2.45) is 11.8 Å². The Labute approximate surface area is 120 Å². The van der Waals surface area contributed by atoms with Gasteiger partial charge >= 0.3 is 0 Å². The molecule has 0 bridgehead atoms. The van der Waals surface area contributed by atoms with Gasteiger partial charge in [-0.05, 0) is 35.4 Å². The largest absolute Gasteiger partial charge is 0.508 e. The van der Waals surface area contributed by atoms with E-state index in [0.717, 1.165) is 22.4 Å².